The molecule has 0 amide bonds. The quantitative estimate of drug-likeness (QED) is 0.0629. The van der Waals surface area contributed by atoms with E-state index in [1.165, 1.54) is 145 Å². The van der Waals surface area contributed by atoms with Crippen LogP contribution in [0.4, 0.5) is 5.69 Å². The van der Waals surface area contributed by atoms with Crippen LogP contribution in [0.5, 0.6) is 0 Å². The summed E-state index contributed by atoms with van der Waals surface area (Å²) < 4.78 is 2.28. The molecule has 0 aliphatic rings. The highest BCUT2D eigenvalue weighted by molar-refractivity contribution is 5.70. The van der Waals surface area contributed by atoms with Crippen molar-refractivity contribution in [1.29, 1.82) is 0 Å². The molecule has 1 aromatic carbocycles. The first-order chi connectivity index (χ1) is 19.3. The SMILES string of the molecule is CCCCCCCCCCN(CCCCCCCCCC)c1ccc(C=Cc2cc[n+](CCCC)cc2)cc1.[I-]. The number of aryl methyl sites for hydroxylation is 1. The summed E-state index contributed by atoms with van der Waals surface area (Å²) in [7, 11) is 0. The van der Waals surface area contributed by atoms with Crippen LogP contribution in [0.25, 0.3) is 12.2 Å². The molecular weight excluding hydrogens is 599 g/mol. The highest BCUT2D eigenvalue weighted by atomic mass is 127. The van der Waals surface area contributed by atoms with Crippen molar-refractivity contribution in [3.63, 3.8) is 0 Å². The first-order valence-electron chi connectivity index (χ1n) is 16.8. The molecule has 0 aliphatic carbocycles. The van der Waals surface area contributed by atoms with Gasteiger partial charge in [-0.2, -0.15) is 0 Å². The number of pyridine rings is 1. The van der Waals surface area contributed by atoms with Gasteiger partial charge in [0.1, 0.15) is 6.54 Å². The average Bonchev–Trinajstić information content (AvgIpc) is 2.97. The second-order valence-electron chi connectivity index (χ2n) is 11.6. The van der Waals surface area contributed by atoms with Crippen molar-refractivity contribution in [2.45, 2.75) is 143 Å². The van der Waals surface area contributed by atoms with Crippen LogP contribution in [-0.4, -0.2) is 13.1 Å². The summed E-state index contributed by atoms with van der Waals surface area (Å²) in [6.07, 6.45) is 33.5. The molecule has 2 rings (SSSR count). The Balaban J connectivity index is 0.00000800. The third-order valence-corrected chi connectivity index (χ3v) is 7.98. The fourth-order valence-corrected chi connectivity index (χ4v) is 5.30. The highest BCUT2D eigenvalue weighted by Gasteiger charge is 2.07. The van der Waals surface area contributed by atoms with Gasteiger partial charge in [0, 0.05) is 37.3 Å². The zero-order valence-corrected chi connectivity index (χ0v) is 28.6. The first-order valence-corrected chi connectivity index (χ1v) is 16.8. The van der Waals surface area contributed by atoms with Crippen LogP contribution in [0.15, 0.2) is 48.8 Å². The van der Waals surface area contributed by atoms with E-state index >= 15 is 0 Å². The lowest BCUT2D eigenvalue weighted by Crippen LogP contribution is -3.00. The van der Waals surface area contributed by atoms with Gasteiger partial charge in [-0.3, -0.25) is 0 Å². The van der Waals surface area contributed by atoms with E-state index in [0.29, 0.717) is 0 Å². The molecule has 0 N–H and O–H groups in total. The lowest BCUT2D eigenvalue weighted by Gasteiger charge is -2.25. The second kappa shape index (κ2) is 25.4. The third-order valence-electron chi connectivity index (χ3n) is 7.98. The fourth-order valence-electron chi connectivity index (χ4n) is 5.30. The van der Waals surface area contributed by atoms with E-state index in [1.807, 2.05) is 0 Å². The van der Waals surface area contributed by atoms with Gasteiger partial charge in [0.25, 0.3) is 0 Å². The van der Waals surface area contributed by atoms with E-state index in [1.54, 1.807) is 0 Å². The number of anilines is 1. The number of hydrogen-bond acceptors (Lipinski definition) is 1. The molecule has 0 atom stereocenters. The molecule has 2 aromatic rings. The van der Waals surface area contributed by atoms with Gasteiger partial charge in [0.15, 0.2) is 12.4 Å². The zero-order chi connectivity index (χ0) is 27.8. The maximum atomic E-state index is 2.66. The molecule has 226 valence electrons. The Bertz CT molecular complexity index is 823. The minimum absolute atomic E-state index is 0. The molecule has 40 heavy (non-hydrogen) atoms. The topological polar surface area (TPSA) is 7.12 Å². The van der Waals surface area contributed by atoms with Gasteiger partial charge in [0.05, 0.1) is 0 Å². The predicted molar refractivity (Wildman–Crippen MR) is 174 cm³/mol. The van der Waals surface area contributed by atoms with Crippen LogP contribution in [0, 0.1) is 0 Å². The van der Waals surface area contributed by atoms with E-state index in [4.69, 9.17) is 0 Å². The molecule has 3 heteroatoms. The van der Waals surface area contributed by atoms with Crippen molar-refractivity contribution in [2.75, 3.05) is 18.0 Å². The molecule has 0 saturated heterocycles. The van der Waals surface area contributed by atoms with Gasteiger partial charge in [-0.15, -0.1) is 0 Å². The van der Waals surface area contributed by atoms with Crippen molar-refractivity contribution >= 4 is 17.8 Å². The molecule has 0 fully saturated rings. The average molecular weight is 661 g/mol. The lowest BCUT2D eigenvalue weighted by atomic mass is 10.1. The van der Waals surface area contributed by atoms with Gasteiger partial charge in [-0.05, 0) is 36.1 Å². The van der Waals surface area contributed by atoms with E-state index in [-0.39, 0.29) is 24.0 Å². The summed E-state index contributed by atoms with van der Waals surface area (Å²) in [5.41, 5.74) is 3.94. The van der Waals surface area contributed by atoms with E-state index < -0.39 is 0 Å². The summed E-state index contributed by atoms with van der Waals surface area (Å²) in [4.78, 5) is 2.66. The minimum Gasteiger partial charge on any atom is -1.00 e. The van der Waals surface area contributed by atoms with Crippen LogP contribution < -0.4 is 33.4 Å². The molecule has 0 aliphatic heterocycles. The van der Waals surface area contributed by atoms with Crippen LogP contribution >= 0.6 is 0 Å². The molecule has 1 aromatic heterocycles. The van der Waals surface area contributed by atoms with Crippen molar-refractivity contribution < 1.29 is 28.5 Å². The third kappa shape index (κ3) is 17.5. The van der Waals surface area contributed by atoms with Crippen molar-refractivity contribution in [2.24, 2.45) is 0 Å². The maximum absolute atomic E-state index is 2.66. The zero-order valence-electron chi connectivity index (χ0n) is 26.4. The van der Waals surface area contributed by atoms with E-state index in [0.717, 1.165) is 6.54 Å². The molecule has 2 nitrogen and oxygen atoms in total. The van der Waals surface area contributed by atoms with E-state index in [2.05, 4.69) is 91.2 Å². The van der Waals surface area contributed by atoms with Crippen LogP contribution in [0.2, 0.25) is 0 Å². The van der Waals surface area contributed by atoms with Crippen molar-refractivity contribution in [3.05, 3.63) is 59.9 Å². The fraction of sp³-hybridized carbons (Fsp3) is 0.649. The summed E-state index contributed by atoms with van der Waals surface area (Å²) in [5.74, 6) is 0. The smallest absolute Gasteiger partial charge is 0.169 e. The van der Waals surface area contributed by atoms with Crippen LogP contribution in [0.3, 0.4) is 0 Å². The minimum atomic E-state index is 0. The van der Waals surface area contributed by atoms with Gasteiger partial charge >= 0.3 is 0 Å². The predicted octanol–water partition coefficient (Wildman–Crippen LogP) is 8.04. The monoisotopic (exact) mass is 660 g/mol. The number of halogens is 1. The Morgan fingerprint density at radius 2 is 0.900 bits per heavy atom. The van der Waals surface area contributed by atoms with Gasteiger partial charge < -0.3 is 28.9 Å². The summed E-state index contributed by atoms with van der Waals surface area (Å²) in [5, 5.41) is 0. The second-order valence-corrected chi connectivity index (χ2v) is 11.6. The molecule has 0 spiro atoms. The first kappa shape index (κ1) is 36.7. The number of hydrogen-bond donors (Lipinski definition) is 0. The Hall–Kier alpha value is -1.36. The van der Waals surface area contributed by atoms with Crippen molar-refractivity contribution in [3.8, 4) is 0 Å². The van der Waals surface area contributed by atoms with Crippen LogP contribution in [-0.2, 0) is 6.54 Å². The molecule has 0 saturated carbocycles. The Labute approximate surface area is 266 Å². The number of unbranched alkanes of at least 4 members (excludes halogenated alkanes) is 15. The normalized spacial score (nSPS) is 11.2. The molecule has 0 bridgehead atoms. The number of nitrogens with zero attached hydrogens (tertiary/aromatic N) is 2. The Morgan fingerprint density at radius 1 is 0.500 bits per heavy atom. The van der Waals surface area contributed by atoms with Gasteiger partial charge in [-0.25, -0.2) is 4.57 Å². The maximum Gasteiger partial charge on any atom is 0.169 e. The summed E-state index contributed by atoms with van der Waals surface area (Å²) in [6, 6.07) is 13.7. The van der Waals surface area contributed by atoms with E-state index in [9.17, 15) is 0 Å². The molecule has 1 heterocycles. The molecule has 0 radical (unpaired) electrons. The largest absolute Gasteiger partial charge is 1.00 e. The van der Waals surface area contributed by atoms with Gasteiger partial charge in [-0.1, -0.05) is 141 Å². The Kier molecular flexibility index (Phi) is 23.2. The number of rotatable bonds is 24. The Morgan fingerprint density at radius 3 is 1.35 bits per heavy atom. The lowest BCUT2D eigenvalue weighted by molar-refractivity contribution is -0.697. The highest BCUT2D eigenvalue weighted by Crippen LogP contribution is 2.20. The summed E-state index contributed by atoms with van der Waals surface area (Å²) in [6.45, 7) is 10.4. The number of aromatic nitrogens is 1. The standard InChI is InChI=1S/C37H61N2.HI/c1-4-7-10-12-14-16-18-20-31-39(32-21-19-17-15-13-11-8-5-2)37-26-24-35(25-27-37)22-23-36-28-33-38(34-29-36)30-9-6-3;/h22-29,33-34H,4-21,30-32H2,1-3H3;1H/q+1;/p-1. The molecule has 0 unspecified atom stereocenters. The van der Waals surface area contributed by atoms with Gasteiger partial charge in [0.2, 0.25) is 0 Å². The van der Waals surface area contributed by atoms with Crippen molar-refractivity contribution in [1.82, 2.24) is 0 Å². The van der Waals surface area contributed by atoms with Crippen LogP contribution in [0.1, 0.15) is 147 Å². The summed E-state index contributed by atoms with van der Waals surface area (Å²) >= 11 is 0. The number of benzene rings is 1. The molecular formula is C37H61IN2.